The van der Waals surface area contributed by atoms with E-state index in [4.69, 9.17) is 9.05 Å². The van der Waals surface area contributed by atoms with E-state index in [1.165, 1.54) is 70.6 Å². The summed E-state index contributed by atoms with van der Waals surface area (Å²) in [6, 6.07) is 0. The van der Waals surface area contributed by atoms with Crippen molar-refractivity contribution in [3.8, 4) is 0 Å². The first-order valence-electron chi connectivity index (χ1n) is 13.8. The molecule has 0 aromatic carbocycles. The Morgan fingerprint density at radius 1 is 0.912 bits per heavy atom. The zero-order chi connectivity index (χ0) is 25.3. The fraction of sp³-hybridized carbons (Fsp3) is 0.962. The summed E-state index contributed by atoms with van der Waals surface area (Å²) in [4.78, 5) is 24.2. The maximum atomic E-state index is 12.5. The van der Waals surface area contributed by atoms with Gasteiger partial charge in [0.05, 0.1) is 27.7 Å². The normalized spacial score (nSPS) is 18.4. The molecule has 1 saturated heterocycles. The molecule has 0 spiro atoms. The van der Waals surface area contributed by atoms with Crippen molar-refractivity contribution in [2.24, 2.45) is 5.92 Å². The van der Waals surface area contributed by atoms with Gasteiger partial charge in [0, 0.05) is 25.4 Å². The number of likely N-dealkylation sites (tertiary alicyclic amines) is 1. The SMILES string of the molecule is CCCCCCCCCCCCCCCC(=O)N1CC[C@H](COP(=O)(O)OCC[N+](C)(C)C)C1. The summed E-state index contributed by atoms with van der Waals surface area (Å²) < 4.78 is 22.9. The first kappa shape index (κ1) is 31.6. The number of hydrogen-bond donors (Lipinski definition) is 1. The average molecular weight is 506 g/mol. The lowest BCUT2D eigenvalue weighted by Crippen LogP contribution is -2.37. The highest BCUT2D eigenvalue weighted by molar-refractivity contribution is 7.47. The number of unbranched alkanes of at least 4 members (excludes halogenated alkanes) is 12. The van der Waals surface area contributed by atoms with E-state index in [0.29, 0.717) is 30.5 Å². The van der Waals surface area contributed by atoms with Crippen molar-refractivity contribution in [1.29, 1.82) is 0 Å². The van der Waals surface area contributed by atoms with Crippen LogP contribution in [0.1, 0.15) is 103 Å². The van der Waals surface area contributed by atoms with Crippen LogP contribution in [-0.4, -0.2) is 74.2 Å². The number of hydrogen-bond acceptors (Lipinski definition) is 4. The molecule has 1 heterocycles. The molecule has 1 rings (SSSR count). The Hall–Kier alpha value is -0.460. The van der Waals surface area contributed by atoms with E-state index in [2.05, 4.69) is 6.92 Å². The molecule has 8 heteroatoms. The fourth-order valence-electron chi connectivity index (χ4n) is 4.31. The third-order valence-corrected chi connectivity index (χ3v) is 7.61. The van der Waals surface area contributed by atoms with Gasteiger partial charge in [0.25, 0.3) is 0 Å². The minimum atomic E-state index is -4.03. The Balaban J connectivity index is 2.01. The number of likely N-dealkylation sites (N-methyl/N-ethyl adjacent to an activating group) is 1. The van der Waals surface area contributed by atoms with E-state index in [1.807, 2.05) is 26.0 Å². The van der Waals surface area contributed by atoms with Crippen LogP contribution in [0.3, 0.4) is 0 Å². The summed E-state index contributed by atoms with van der Waals surface area (Å²) in [5.74, 6) is 0.301. The maximum absolute atomic E-state index is 12.5. The molecule has 0 aliphatic carbocycles. The zero-order valence-electron chi connectivity index (χ0n) is 22.6. The van der Waals surface area contributed by atoms with Crippen molar-refractivity contribution in [1.82, 2.24) is 4.90 Å². The largest absolute Gasteiger partial charge is 0.472 e. The second kappa shape index (κ2) is 17.9. The first-order valence-corrected chi connectivity index (χ1v) is 15.3. The summed E-state index contributed by atoms with van der Waals surface area (Å²) in [5, 5.41) is 0. The smallest absolute Gasteiger partial charge is 0.342 e. The Morgan fingerprint density at radius 3 is 1.97 bits per heavy atom. The van der Waals surface area contributed by atoms with Gasteiger partial charge in [0.1, 0.15) is 13.2 Å². The maximum Gasteiger partial charge on any atom is 0.472 e. The topological polar surface area (TPSA) is 76.1 Å². The number of carbonyl (C=O) groups is 1. The molecule has 1 fully saturated rings. The molecule has 202 valence electrons. The summed E-state index contributed by atoms with van der Waals surface area (Å²) in [5.41, 5.74) is 0. The van der Waals surface area contributed by atoms with Gasteiger partial charge in [-0.2, -0.15) is 0 Å². The van der Waals surface area contributed by atoms with Crippen molar-refractivity contribution in [2.75, 3.05) is 54.0 Å². The molecule has 1 amide bonds. The van der Waals surface area contributed by atoms with Gasteiger partial charge < -0.3 is 14.3 Å². The van der Waals surface area contributed by atoms with Crippen LogP contribution in [0.4, 0.5) is 0 Å². The van der Waals surface area contributed by atoms with Gasteiger partial charge in [0.15, 0.2) is 0 Å². The molecule has 0 aromatic rings. The predicted octanol–water partition coefficient (Wildman–Crippen LogP) is 6.16. The van der Waals surface area contributed by atoms with Gasteiger partial charge in [-0.25, -0.2) is 4.57 Å². The van der Waals surface area contributed by atoms with Crippen LogP contribution in [0, 0.1) is 5.92 Å². The number of rotatable bonds is 21. The number of phosphoric acid groups is 1. The third kappa shape index (κ3) is 17.0. The zero-order valence-corrected chi connectivity index (χ0v) is 23.5. The molecule has 2 atom stereocenters. The molecule has 1 N–H and O–H groups in total. The van der Waals surface area contributed by atoms with Crippen molar-refractivity contribution in [3.63, 3.8) is 0 Å². The van der Waals surface area contributed by atoms with Crippen LogP contribution in [0.2, 0.25) is 0 Å². The van der Waals surface area contributed by atoms with E-state index < -0.39 is 7.82 Å². The molecule has 34 heavy (non-hydrogen) atoms. The number of nitrogens with zero attached hydrogens (tertiary/aromatic N) is 2. The minimum Gasteiger partial charge on any atom is -0.342 e. The molecular weight excluding hydrogens is 451 g/mol. The second-order valence-corrected chi connectivity index (χ2v) is 12.6. The van der Waals surface area contributed by atoms with Gasteiger partial charge in [-0.1, -0.05) is 84.0 Å². The molecule has 0 aromatic heterocycles. The molecule has 1 aliphatic heterocycles. The standard InChI is InChI=1S/C26H53N2O5P/c1-5-6-7-8-9-10-11-12-13-14-15-16-17-18-26(29)27-20-19-25(23-27)24-33-34(30,31)32-22-21-28(2,3)4/h25H,5-24H2,1-4H3/p+1/t25-/m0/s1. The van der Waals surface area contributed by atoms with Crippen LogP contribution in [-0.2, 0) is 18.4 Å². The van der Waals surface area contributed by atoms with E-state index in [9.17, 15) is 14.3 Å². The third-order valence-electron chi connectivity index (χ3n) is 6.62. The van der Waals surface area contributed by atoms with Crippen molar-refractivity contribution >= 4 is 13.7 Å². The molecule has 0 bridgehead atoms. The Morgan fingerprint density at radius 2 is 1.44 bits per heavy atom. The lowest BCUT2D eigenvalue weighted by Gasteiger charge is -2.24. The van der Waals surface area contributed by atoms with Crippen molar-refractivity contribution < 1.29 is 27.8 Å². The summed E-state index contributed by atoms with van der Waals surface area (Å²) in [6.07, 6.45) is 18.4. The van der Waals surface area contributed by atoms with E-state index in [1.54, 1.807) is 0 Å². The Labute approximate surface area is 209 Å². The van der Waals surface area contributed by atoms with Crippen molar-refractivity contribution in [2.45, 2.75) is 103 Å². The van der Waals surface area contributed by atoms with Crippen molar-refractivity contribution in [3.05, 3.63) is 0 Å². The highest BCUT2D eigenvalue weighted by Crippen LogP contribution is 2.44. The number of phosphoric ester groups is 1. The van der Waals surface area contributed by atoms with Gasteiger partial charge in [-0.05, 0) is 12.8 Å². The minimum absolute atomic E-state index is 0.0954. The van der Waals surface area contributed by atoms with Crippen LogP contribution in [0.5, 0.6) is 0 Å². The second-order valence-electron chi connectivity index (χ2n) is 11.1. The molecule has 1 unspecified atom stereocenters. The lowest BCUT2D eigenvalue weighted by molar-refractivity contribution is -0.870. The fourth-order valence-corrected chi connectivity index (χ4v) is 5.10. The quantitative estimate of drug-likeness (QED) is 0.115. The van der Waals surface area contributed by atoms with Crippen LogP contribution < -0.4 is 0 Å². The Kier molecular flexibility index (Phi) is 16.6. The lowest BCUT2D eigenvalue weighted by atomic mass is 10.0. The molecule has 1 aliphatic rings. The monoisotopic (exact) mass is 505 g/mol. The average Bonchev–Trinajstić information content (AvgIpc) is 3.24. The summed E-state index contributed by atoms with van der Waals surface area (Å²) >= 11 is 0. The van der Waals surface area contributed by atoms with Crippen LogP contribution in [0.25, 0.3) is 0 Å². The van der Waals surface area contributed by atoms with Gasteiger partial charge >= 0.3 is 7.82 Å². The number of quaternary nitrogens is 1. The number of amides is 1. The van der Waals surface area contributed by atoms with Crippen LogP contribution in [0.15, 0.2) is 0 Å². The highest BCUT2D eigenvalue weighted by Gasteiger charge is 2.30. The van der Waals surface area contributed by atoms with E-state index in [0.717, 1.165) is 19.3 Å². The van der Waals surface area contributed by atoms with Crippen LogP contribution >= 0.6 is 7.82 Å². The van der Waals surface area contributed by atoms with Gasteiger partial charge in [-0.15, -0.1) is 0 Å². The highest BCUT2D eigenvalue weighted by atomic mass is 31.2. The Bertz CT molecular complexity index is 582. The molecule has 7 nitrogen and oxygen atoms in total. The van der Waals surface area contributed by atoms with Gasteiger partial charge in [0.2, 0.25) is 5.91 Å². The summed E-state index contributed by atoms with van der Waals surface area (Å²) in [7, 11) is 1.95. The predicted molar refractivity (Wildman–Crippen MR) is 140 cm³/mol. The summed E-state index contributed by atoms with van der Waals surface area (Å²) in [6.45, 7) is 4.53. The first-order chi connectivity index (χ1) is 16.1. The van der Waals surface area contributed by atoms with Gasteiger partial charge in [-0.3, -0.25) is 13.8 Å². The van der Waals surface area contributed by atoms with E-state index in [-0.39, 0.29) is 25.0 Å². The number of carbonyl (C=O) groups excluding carboxylic acids is 1. The van der Waals surface area contributed by atoms with E-state index >= 15 is 0 Å². The molecular formula is C26H54N2O5P+. The molecule has 0 saturated carbocycles. The molecule has 0 radical (unpaired) electrons.